The van der Waals surface area contributed by atoms with Gasteiger partial charge in [0.1, 0.15) is 0 Å². The van der Waals surface area contributed by atoms with Crippen LogP contribution in [0.2, 0.25) is 0 Å². The highest BCUT2D eigenvalue weighted by Gasteiger charge is 2.26. The van der Waals surface area contributed by atoms with E-state index in [1.54, 1.807) is 23.5 Å². The van der Waals surface area contributed by atoms with E-state index in [1.807, 2.05) is 42.0 Å². The van der Waals surface area contributed by atoms with Crippen molar-refractivity contribution in [3.05, 3.63) is 52.2 Å². The number of nitriles is 1. The Morgan fingerprint density at radius 3 is 2.82 bits per heavy atom. The van der Waals surface area contributed by atoms with Crippen LogP contribution in [-0.2, 0) is 16.0 Å². The van der Waals surface area contributed by atoms with Gasteiger partial charge in [-0.15, -0.1) is 0 Å². The van der Waals surface area contributed by atoms with Gasteiger partial charge in [0, 0.05) is 12.1 Å². The lowest BCUT2D eigenvalue weighted by Gasteiger charge is -2.10. The summed E-state index contributed by atoms with van der Waals surface area (Å²) in [5.41, 5.74) is 2.64. The third-order valence-electron chi connectivity index (χ3n) is 3.24. The number of carbonyl (C=O) groups excluding carboxylic acids is 2. The summed E-state index contributed by atoms with van der Waals surface area (Å²) in [6, 6.07) is 11.0. The topological polar surface area (TPSA) is 70.0 Å². The molecule has 5 heteroatoms. The summed E-state index contributed by atoms with van der Waals surface area (Å²) in [4.78, 5) is 24.2. The number of hydrogen-bond donors (Lipinski definition) is 1. The van der Waals surface area contributed by atoms with Crippen molar-refractivity contribution in [3.8, 4) is 6.07 Å². The molecular weight excluding hydrogens is 296 g/mol. The van der Waals surface area contributed by atoms with Crippen molar-refractivity contribution in [1.29, 1.82) is 5.26 Å². The molecule has 22 heavy (non-hydrogen) atoms. The second-order valence-electron chi connectivity index (χ2n) is 5.02. The molecule has 0 saturated heterocycles. The summed E-state index contributed by atoms with van der Waals surface area (Å²) in [7, 11) is 0. The van der Waals surface area contributed by atoms with Crippen molar-refractivity contribution in [2.24, 2.45) is 5.92 Å². The van der Waals surface area contributed by atoms with E-state index in [1.165, 1.54) is 0 Å². The molecule has 0 bridgehead atoms. The van der Waals surface area contributed by atoms with Crippen molar-refractivity contribution in [1.82, 2.24) is 0 Å². The number of nitrogens with zero attached hydrogens (tertiary/aromatic N) is 1. The molecule has 0 radical (unpaired) electrons. The van der Waals surface area contributed by atoms with E-state index in [4.69, 9.17) is 5.26 Å². The van der Waals surface area contributed by atoms with Gasteiger partial charge < -0.3 is 5.32 Å². The second-order valence-corrected chi connectivity index (χ2v) is 5.80. The Hall–Kier alpha value is -2.45. The number of nitrogens with one attached hydrogen (secondary N) is 1. The molecule has 0 fully saturated rings. The number of rotatable bonds is 6. The van der Waals surface area contributed by atoms with Crippen LogP contribution < -0.4 is 5.32 Å². The molecule has 0 aliphatic rings. The van der Waals surface area contributed by atoms with Gasteiger partial charge in [-0.3, -0.25) is 9.59 Å². The maximum Gasteiger partial charge on any atom is 0.249 e. The van der Waals surface area contributed by atoms with Crippen LogP contribution in [0, 0.1) is 24.2 Å². The Morgan fingerprint density at radius 1 is 1.36 bits per heavy atom. The first-order valence-corrected chi connectivity index (χ1v) is 7.85. The van der Waals surface area contributed by atoms with Crippen LogP contribution in [0.25, 0.3) is 0 Å². The number of Topliss-reactive ketones (excluding diaryl/α,β-unsaturated/α-hetero) is 1. The highest BCUT2D eigenvalue weighted by atomic mass is 32.1. The monoisotopic (exact) mass is 312 g/mol. The first-order chi connectivity index (χ1) is 10.6. The fraction of sp³-hybridized carbons (Fsp3) is 0.235. The molecular formula is C17H16N2O2S. The van der Waals surface area contributed by atoms with Crippen molar-refractivity contribution in [2.75, 3.05) is 5.32 Å². The molecule has 2 rings (SSSR count). The van der Waals surface area contributed by atoms with Gasteiger partial charge in [0.15, 0.2) is 11.7 Å². The van der Waals surface area contributed by atoms with Crippen LogP contribution in [-0.4, -0.2) is 11.7 Å². The number of ketones is 1. The molecule has 1 aromatic carbocycles. The Morgan fingerprint density at radius 2 is 2.18 bits per heavy atom. The Bertz CT molecular complexity index is 702. The molecule has 2 aromatic rings. The number of aryl methyl sites for hydroxylation is 2. The van der Waals surface area contributed by atoms with Crippen LogP contribution in [0.4, 0.5) is 5.69 Å². The molecule has 112 valence electrons. The minimum atomic E-state index is -1.26. The van der Waals surface area contributed by atoms with Crippen molar-refractivity contribution < 1.29 is 9.59 Å². The van der Waals surface area contributed by atoms with Gasteiger partial charge in [0.2, 0.25) is 5.91 Å². The summed E-state index contributed by atoms with van der Waals surface area (Å²) in [6.45, 7) is 1.91. The van der Waals surface area contributed by atoms with E-state index in [2.05, 4.69) is 5.32 Å². The summed E-state index contributed by atoms with van der Waals surface area (Å²) >= 11 is 1.56. The van der Waals surface area contributed by atoms with E-state index < -0.39 is 11.8 Å². The van der Waals surface area contributed by atoms with Crippen LogP contribution in [0.15, 0.2) is 41.1 Å². The lowest BCUT2D eigenvalue weighted by Crippen LogP contribution is -2.28. The zero-order chi connectivity index (χ0) is 15.9. The van der Waals surface area contributed by atoms with Crippen molar-refractivity contribution >= 4 is 28.7 Å². The summed E-state index contributed by atoms with van der Waals surface area (Å²) in [5.74, 6) is -2.18. The van der Waals surface area contributed by atoms with Crippen molar-refractivity contribution in [2.45, 2.75) is 19.8 Å². The minimum absolute atomic E-state index is 0.191. The molecule has 0 saturated carbocycles. The molecule has 0 aliphatic heterocycles. The number of anilines is 1. The zero-order valence-corrected chi connectivity index (χ0v) is 13.0. The Kier molecular flexibility index (Phi) is 5.45. The van der Waals surface area contributed by atoms with E-state index in [0.29, 0.717) is 12.1 Å². The summed E-state index contributed by atoms with van der Waals surface area (Å²) < 4.78 is 0. The van der Waals surface area contributed by atoms with Crippen LogP contribution >= 0.6 is 11.3 Å². The van der Waals surface area contributed by atoms with Gasteiger partial charge in [-0.05, 0) is 53.4 Å². The molecule has 1 N–H and O–H groups in total. The van der Waals surface area contributed by atoms with Gasteiger partial charge in [0.05, 0.1) is 6.07 Å². The van der Waals surface area contributed by atoms with Gasteiger partial charge in [-0.2, -0.15) is 16.6 Å². The fourth-order valence-electron chi connectivity index (χ4n) is 2.06. The maximum atomic E-state index is 12.1. The summed E-state index contributed by atoms with van der Waals surface area (Å²) in [6.07, 6.45) is 0.744. The van der Waals surface area contributed by atoms with Gasteiger partial charge in [-0.25, -0.2) is 0 Å². The van der Waals surface area contributed by atoms with E-state index in [9.17, 15) is 9.59 Å². The first-order valence-electron chi connectivity index (χ1n) is 6.91. The number of hydrogen-bond acceptors (Lipinski definition) is 4. The molecule has 1 atom stereocenters. The standard InChI is InChI=1S/C17H16N2O2S/c1-12-3-2-4-14(9-12)19-17(21)15(10-18)16(20)6-5-13-7-8-22-11-13/h2-4,7-9,11,15H,5-6H2,1H3,(H,19,21)/t15-/m0/s1. The molecule has 1 heterocycles. The van der Waals surface area contributed by atoms with Gasteiger partial charge in [0.25, 0.3) is 0 Å². The number of carbonyl (C=O) groups is 2. The van der Waals surface area contributed by atoms with Crippen molar-refractivity contribution in [3.63, 3.8) is 0 Å². The molecule has 0 spiro atoms. The predicted octanol–water partition coefficient (Wildman–Crippen LogP) is 3.34. The fourth-order valence-corrected chi connectivity index (χ4v) is 2.76. The largest absolute Gasteiger partial charge is 0.325 e. The average Bonchev–Trinajstić information content (AvgIpc) is 2.99. The van der Waals surface area contributed by atoms with Crippen LogP contribution in [0.5, 0.6) is 0 Å². The molecule has 1 aromatic heterocycles. The molecule has 0 aliphatic carbocycles. The average molecular weight is 312 g/mol. The van der Waals surface area contributed by atoms with E-state index in [-0.39, 0.29) is 12.2 Å². The van der Waals surface area contributed by atoms with E-state index in [0.717, 1.165) is 11.1 Å². The highest BCUT2D eigenvalue weighted by Crippen LogP contribution is 2.14. The predicted molar refractivity (Wildman–Crippen MR) is 86.6 cm³/mol. The minimum Gasteiger partial charge on any atom is -0.325 e. The third-order valence-corrected chi connectivity index (χ3v) is 3.97. The normalized spacial score (nSPS) is 11.5. The summed E-state index contributed by atoms with van der Waals surface area (Å²) in [5, 5.41) is 15.7. The Balaban J connectivity index is 1.96. The lowest BCUT2D eigenvalue weighted by molar-refractivity contribution is -0.128. The maximum absolute atomic E-state index is 12.1. The third kappa shape index (κ3) is 4.27. The molecule has 0 unspecified atom stereocenters. The second kappa shape index (κ2) is 7.53. The SMILES string of the molecule is Cc1cccc(NC(=O)[C@@H](C#N)C(=O)CCc2ccsc2)c1. The highest BCUT2D eigenvalue weighted by molar-refractivity contribution is 7.07. The van der Waals surface area contributed by atoms with Crippen LogP contribution in [0.1, 0.15) is 17.5 Å². The lowest BCUT2D eigenvalue weighted by atomic mass is 9.99. The number of amides is 1. The Labute approximate surface area is 133 Å². The van der Waals surface area contributed by atoms with Crippen LogP contribution in [0.3, 0.4) is 0 Å². The van der Waals surface area contributed by atoms with Gasteiger partial charge in [-0.1, -0.05) is 12.1 Å². The zero-order valence-electron chi connectivity index (χ0n) is 12.2. The number of benzene rings is 1. The quantitative estimate of drug-likeness (QED) is 0.832. The number of thiophene rings is 1. The van der Waals surface area contributed by atoms with E-state index >= 15 is 0 Å². The molecule has 4 nitrogen and oxygen atoms in total. The first kappa shape index (κ1) is 15.9. The molecule has 1 amide bonds. The van der Waals surface area contributed by atoms with Gasteiger partial charge >= 0.3 is 0 Å². The smallest absolute Gasteiger partial charge is 0.249 e.